The summed E-state index contributed by atoms with van der Waals surface area (Å²) in [5, 5.41) is 10.2. The number of benzene rings is 2. The standard InChI is InChI=1S/C18H12NO.C5H8O2.Ir/c1-12-8-9-13-14-5-4-6-15(16-7-2-3-10-19-16)18(14)20-17(13)11-12;1-4(6)3-5(2)7;/h2-5,7-11H,1H3;3,6H,1-2H3;/q-1;;/b;4-3-;/i1D3;;. The molecule has 2 aromatic heterocycles. The summed E-state index contributed by atoms with van der Waals surface area (Å²) in [7, 11) is 0. The van der Waals surface area contributed by atoms with Crippen molar-refractivity contribution in [1.82, 2.24) is 4.98 Å². The maximum absolute atomic E-state index is 10.0. The van der Waals surface area contributed by atoms with Crippen LogP contribution >= 0.6 is 0 Å². The van der Waals surface area contributed by atoms with Gasteiger partial charge in [-0.25, -0.2) is 0 Å². The van der Waals surface area contributed by atoms with Crippen LogP contribution in [0.3, 0.4) is 0 Å². The van der Waals surface area contributed by atoms with Gasteiger partial charge in [0, 0.05) is 41.9 Å². The monoisotopic (exact) mass is 554 g/mol. The number of aliphatic hydroxyl groups excluding tert-OH is 1. The smallest absolute Gasteiger partial charge is 0.155 e. The molecule has 2 aromatic carbocycles. The average Bonchev–Trinajstić information content (AvgIpc) is 3.05. The molecule has 0 amide bonds. The van der Waals surface area contributed by atoms with Crippen molar-refractivity contribution in [3.63, 3.8) is 0 Å². The number of allylic oxidation sites excluding steroid dienone is 2. The molecule has 0 unspecified atom stereocenters. The summed E-state index contributed by atoms with van der Waals surface area (Å²) in [6.45, 7) is 0.699. The molecule has 0 fully saturated rings. The zero-order valence-corrected chi connectivity index (χ0v) is 17.7. The van der Waals surface area contributed by atoms with Gasteiger partial charge in [0.05, 0.1) is 11.3 Å². The van der Waals surface area contributed by atoms with Crippen LogP contribution in [0.25, 0.3) is 33.2 Å². The number of fused-ring (bicyclic) bond motifs is 3. The minimum Gasteiger partial charge on any atom is -0.512 e. The Kier molecular flexibility index (Phi) is 5.86. The van der Waals surface area contributed by atoms with Crippen LogP contribution in [-0.2, 0) is 24.9 Å². The van der Waals surface area contributed by atoms with Gasteiger partial charge in [-0.2, -0.15) is 0 Å². The Morgan fingerprint density at radius 1 is 1.21 bits per heavy atom. The Labute approximate surface area is 181 Å². The van der Waals surface area contributed by atoms with Crippen LogP contribution in [0.5, 0.6) is 0 Å². The SMILES string of the molecule is CC(=O)/C=C(/C)O.[2H]C([2H])([2H])c1ccc2c(c1)oc1c(-c3ccccn3)[c-]ccc12.[Ir]. The Bertz CT molecular complexity index is 1230. The van der Waals surface area contributed by atoms with Crippen molar-refractivity contribution in [2.45, 2.75) is 20.7 Å². The van der Waals surface area contributed by atoms with Crippen LogP contribution in [0.2, 0.25) is 0 Å². The molecule has 0 spiro atoms. The van der Waals surface area contributed by atoms with E-state index in [1.165, 1.54) is 19.9 Å². The van der Waals surface area contributed by atoms with E-state index < -0.39 is 6.85 Å². The molecule has 1 radical (unpaired) electrons. The largest absolute Gasteiger partial charge is 0.512 e. The maximum Gasteiger partial charge on any atom is 0.155 e. The van der Waals surface area contributed by atoms with Gasteiger partial charge in [-0.05, 0) is 44.1 Å². The number of hydrogen-bond acceptors (Lipinski definition) is 4. The molecule has 0 saturated heterocycles. The van der Waals surface area contributed by atoms with Crippen LogP contribution in [0, 0.1) is 12.9 Å². The molecule has 5 heteroatoms. The minimum atomic E-state index is -2.15. The minimum absolute atomic E-state index is 0. The number of carbonyl (C=O) groups excluding carboxylic acids is 1. The number of aromatic nitrogens is 1. The van der Waals surface area contributed by atoms with Gasteiger partial charge in [-0.1, -0.05) is 35.2 Å². The van der Waals surface area contributed by atoms with E-state index in [0.29, 0.717) is 11.2 Å². The molecule has 0 aliphatic carbocycles. The topological polar surface area (TPSA) is 63.3 Å². The molecule has 0 bridgehead atoms. The van der Waals surface area contributed by atoms with Crippen molar-refractivity contribution in [1.29, 1.82) is 0 Å². The first-order valence-electron chi connectivity index (χ1n) is 9.83. The van der Waals surface area contributed by atoms with Crippen molar-refractivity contribution < 1.29 is 38.5 Å². The van der Waals surface area contributed by atoms with Crippen LogP contribution in [0.4, 0.5) is 0 Å². The molecular formula is C23H20IrNO3-. The van der Waals surface area contributed by atoms with Crippen molar-refractivity contribution in [2.75, 3.05) is 0 Å². The van der Waals surface area contributed by atoms with Crippen LogP contribution in [-0.4, -0.2) is 15.9 Å². The average molecular weight is 554 g/mol. The third-order valence-corrected chi connectivity index (χ3v) is 3.77. The zero-order valence-electron chi connectivity index (χ0n) is 18.3. The number of aryl methyl sites for hydroxylation is 1. The van der Waals surface area contributed by atoms with Gasteiger partial charge in [0.25, 0.3) is 0 Å². The van der Waals surface area contributed by atoms with Gasteiger partial charge in [0.2, 0.25) is 0 Å². The van der Waals surface area contributed by atoms with Crippen LogP contribution < -0.4 is 0 Å². The number of rotatable bonds is 2. The predicted octanol–water partition coefficient (Wildman–Crippen LogP) is 5.79. The first-order valence-corrected chi connectivity index (χ1v) is 8.33. The number of nitrogens with zero attached hydrogens (tertiary/aromatic N) is 1. The second-order valence-electron chi connectivity index (χ2n) is 6.02. The summed E-state index contributed by atoms with van der Waals surface area (Å²) >= 11 is 0. The van der Waals surface area contributed by atoms with E-state index in [-0.39, 0.29) is 37.2 Å². The molecule has 4 rings (SSSR count). The molecule has 2 heterocycles. The molecule has 145 valence electrons. The van der Waals surface area contributed by atoms with Gasteiger partial charge in [-0.15, -0.1) is 18.2 Å². The first-order chi connectivity index (χ1) is 14.2. The molecule has 0 aliphatic rings. The van der Waals surface area contributed by atoms with Crippen molar-refractivity contribution in [3.05, 3.63) is 78.2 Å². The number of hydrogen-bond donors (Lipinski definition) is 1. The fourth-order valence-electron chi connectivity index (χ4n) is 2.74. The summed E-state index contributed by atoms with van der Waals surface area (Å²) in [6, 6.07) is 17.6. The van der Waals surface area contributed by atoms with Crippen LogP contribution in [0.1, 0.15) is 23.5 Å². The van der Waals surface area contributed by atoms with E-state index in [2.05, 4.69) is 11.1 Å². The van der Waals surface area contributed by atoms with Gasteiger partial charge < -0.3 is 14.5 Å². The predicted molar refractivity (Wildman–Crippen MR) is 108 cm³/mol. The normalized spacial score (nSPS) is 12.9. The van der Waals surface area contributed by atoms with E-state index in [1.54, 1.807) is 24.4 Å². The van der Waals surface area contributed by atoms with E-state index in [1.807, 2.05) is 30.3 Å². The Balaban J connectivity index is 0.000000373. The summed E-state index contributed by atoms with van der Waals surface area (Å²) in [6.07, 6.45) is 2.89. The zero-order chi connectivity index (χ0) is 21.9. The van der Waals surface area contributed by atoms with E-state index >= 15 is 0 Å². The number of aliphatic hydroxyl groups is 1. The summed E-state index contributed by atoms with van der Waals surface area (Å²) in [4.78, 5) is 14.4. The second-order valence-corrected chi connectivity index (χ2v) is 6.02. The fraction of sp³-hybridized carbons (Fsp3) is 0.130. The van der Waals surface area contributed by atoms with E-state index in [9.17, 15) is 4.79 Å². The number of furan rings is 1. The summed E-state index contributed by atoms with van der Waals surface area (Å²) in [5.74, 6) is -0.0625. The Hall–Kier alpha value is -2.75. The second kappa shape index (κ2) is 9.45. The molecular weight excluding hydrogens is 530 g/mol. The van der Waals surface area contributed by atoms with E-state index in [0.717, 1.165) is 22.0 Å². The third kappa shape index (κ3) is 4.94. The fourth-order valence-corrected chi connectivity index (χ4v) is 2.74. The Morgan fingerprint density at radius 2 is 2.04 bits per heavy atom. The van der Waals surface area contributed by atoms with Gasteiger partial charge >= 0.3 is 0 Å². The molecule has 28 heavy (non-hydrogen) atoms. The number of carbonyl (C=O) groups is 1. The van der Waals surface area contributed by atoms with Crippen molar-refractivity contribution in [3.8, 4) is 11.3 Å². The number of pyridine rings is 1. The molecule has 4 aromatic rings. The van der Waals surface area contributed by atoms with E-state index in [4.69, 9.17) is 13.6 Å². The summed E-state index contributed by atoms with van der Waals surface area (Å²) in [5.41, 5.74) is 3.05. The first kappa shape index (κ1) is 17.4. The van der Waals surface area contributed by atoms with Crippen molar-refractivity contribution in [2.24, 2.45) is 0 Å². The van der Waals surface area contributed by atoms with Gasteiger partial charge in [0.15, 0.2) is 5.78 Å². The molecule has 0 saturated carbocycles. The van der Waals surface area contributed by atoms with Crippen LogP contribution in [0.15, 0.2) is 71.0 Å². The Morgan fingerprint density at radius 3 is 2.64 bits per heavy atom. The molecule has 4 nitrogen and oxygen atoms in total. The quantitative estimate of drug-likeness (QED) is 0.194. The van der Waals surface area contributed by atoms with Gasteiger partial charge in [-0.3, -0.25) is 4.79 Å². The summed E-state index contributed by atoms with van der Waals surface area (Å²) < 4.78 is 28.6. The molecule has 1 N–H and O–H groups in total. The van der Waals surface area contributed by atoms with Gasteiger partial charge in [0.1, 0.15) is 5.58 Å². The van der Waals surface area contributed by atoms with Crippen molar-refractivity contribution >= 4 is 27.7 Å². The molecule has 0 aliphatic heterocycles. The maximum atomic E-state index is 10.0. The molecule has 0 atom stereocenters. The third-order valence-electron chi connectivity index (χ3n) is 3.77. The number of ketones is 1.